The van der Waals surface area contributed by atoms with Crippen molar-refractivity contribution in [1.82, 2.24) is 0 Å². The summed E-state index contributed by atoms with van der Waals surface area (Å²) in [4.78, 5) is 0. The fourth-order valence-electron chi connectivity index (χ4n) is 0. The molecule has 0 amide bonds. The second-order valence-electron chi connectivity index (χ2n) is 0.500. The van der Waals surface area contributed by atoms with Crippen molar-refractivity contribution in [3.63, 3.8) is 0 Å². The molecule has 0 saturated carbocycles. The van der Waals surface area contributed by atoms with Gasteiger partial charge in [-0.3, -0.25) is 0 Å². The molecule has 0 bridgehead atoms. The van der Waals surface area contributed by atoms with Gasteiger partial charge in [0.15, 0.2) is 0 Å². The molecule has 0 saturated heterocycles. The Morgan fingerprint density at radius 1 is 0.800 bits per heavy atom. The van der Waals surface area contributed by atoms with Crippen LogP contribution in [0, 0.1) is 0 Å². The maximum absolute atomic E-state index is 8.58. The Morgan fingerprint density at radius 2 is 0.800 bits per heavy atom. The maximum atomic E-state index is 8.58. The molecule has 0 atom stereocenters. The Morgan fingerprint density at radius 3 is 0.800 bits per heavy atom. The molecule has 0 unspecified atom stereocenters. The number of rotatable bonds is 0. The Bertz CT molecular complexity index is 73.7. The molecule has 10 heteroatoms. The van der Waals surface area contributed by atoms with E-state index >= 15 is 0 Å². The molecule has 0 aromatic carbocycles. The van der Waals surface area contributed by atoms with E-state index < -0.39 is 37.2 Å². The quantitative estimate of drug-likeness (QED) is 0.395. The first-order valence-corrected chi connectivity index (χ1v) is 5.05. The van der Waals surface area contributed by atoms with Crippen LogP contribution in [0.25, 0.3) is 0 Å². The average Bonchev–Trinajstić information content (AvgIpc) is 1.25. The van der Waals surface area contributed by atoms with Crippen molar-refractivity contribution in [3.8, 4) is 0 Å². The van der Waals surface area contributed by atoms with Crippen molar-refractivity contribution in [3.05, 3.63) is 0 Å². The van der Waals surface area contributed by atoms with Crippen LogP contribution in [0.3, 0.4) is 0 Å². The van der Waals surface area contributed by atoms with E-state index in [2.05, 4.69) is 0 Å². The molecule has 10 heavy (non-hydrogen) atoms. The van der Waals surface area contributed by atoms with Gasteiger partial charge in [0.1, 0.15) is 0 Å². The first-order valence-electron chi connectivity index (χ1n) is 1.22. The third kappa shape index (κ3) is 205. The van der Waals surface area contributed by atoms with Crippen LogP contribution in [0.2, 0.25) is 0 Å². The van der Waals surface area contributed by atoms with Gasteiger partial charge in [0.2, 0.25) is 0 Å². The molecular weight excluding hydrogens is 255 g/mol. The monoisotopic (exact) mass is 255 g/mol. The van der Waals surface area contributed by atoms with Gasteiger partial charge < -0.3 is 0 Å². The van der Waals surface area contributed by atoms with Crippen LogP contribution in [0.4, 0.5) is 0 Å². The fourth-order valence-corrected chi connectivity index (χ4v) is 0. The van der Waals surface area contributed by atoms with Crippen molar-refractivity contribution >= 4 is 0 Å². The molecule has 53 valence electrons. The summed E-state index contributed by atoms with van der Waals surface area (Å²) >= 11 is -8.17. The van der Waals surface area contributed by atoms with Crippen LogP contribution in [0.5, 0.6) is 0 Å². The number of hydrogen-bond donors (Lipinski definition) is 0. The molecule has 0 rings (SSSR count). The van der Waals surface area contributed by atoms with Gasteiger partial charge in [-0.25, -0.2) is 0 Å². The Kier molecular flexibility index (Phi) is 39.0. The Balaban J connectivity index is -0.0000000300. The van der Waals surface area contributed by atoms with Crippen LogP contribution < -0.4 is 33.6 Å². The van der Waals surface area contributed by atoms with E-state index in [4.69, 9.17) is 21.4 Å². The zero-order valence-electron chi connectivity index (χ0n) is 4.80. The van der Waals surface area contributed by atoms with Gasteiger partial charge in [0, 0.05) is 0 Å². The van der Waals surface area contributed by atoms with Crippen LogP contribution in [0.15, 0.2) is 0 Å². The fraction of sp³-hybridized carbons (Fsp3) is 0. The molecule has 1 radical (unpaired) electrons. The molecule has 0 aliphatic heterocycles. The predicted octanol–water partition coefficient (Wildman–Crippen LogP) is -8.00. The van der Waals surface area contributed by atoms with E-state index in [0.717, 1.165) is 0 Å². The summed E-state index contributed by atoms with van der Waals surface area (Å²) in [5.74, 6) is 0. The van der Waals surface area contributed by atoms with Crippen LogP contribution in [0.1, 0.15) is 0 Å². The summed E-state index contributed by atoms with van der Waals surface area (Å²) in [5.41, 5.74) is 0. The zero-order chi connectivity index (χ0) is 7.15. The van der Waals surface area contributed by atoms with Gasteiger partial charge in [0.05, 0.1) is 0 Å². The summed E-state index contributed by atoms with van der Waals surface area (Å²) in [6.07, 6.45) is 0. The molecule has 0 spiro atoms. The van der Waals surface area contributed by atoms with Crippen LogP contribution in [-0.2, 0) is 61.0 Å². The summed E-state index contributed by atoms with van der Waals surface area (Å²) < 4.78 is 51.5. The van der Waals surface area contributed by atoms with E-state index in [9.17, 15) is 0 Å². The summed E-state index contributed by atoms with van der Waals surface area (Å²) in [7, 11) is 0. The molecule has 0 aliphatic carbocycles. The van der Waals surface area contributed by atoms with E-state index in [-0.39, 0.29) is 35.9 Å². The SMILES string of the molecule is [Fe+3].[Li+].[O]=[Ti]([O-])[O-].[O]=[Ti]([O-])[O-]. The standard InChI is InChI=1S/Fe.Li.6O.2Ti/q+3;+1;;;4*-1;;. The van der Waals surface area contributed by atoms with Gasteiger partial charge in [-0.2, -0.15) is 0 Å². The van der Waals surface area contributed by atoms with E-state index in [1.807, 2.05) is 0 Å². The van der Waals surface area contributed by atoms with Gasteiger partial charge in [0.25, 0.3) is 0 Å². The zero-order valence-corrected chi connectivity index (χ0v) is 9.03. The van der Waals surface area contributed by atoms with Gasteiger partial charge in [-0.05, 0) is 0 Å². The van der Waals surface area contributed by atoms with Crippen molar-refractivity contribution in [1.29, 1.82) is 0 Å². The summed E-state index contributed by atoms with van der Waals surface area (Å²) in [5, 5.41) is 0. The van der Waals surface area contributed by atoms with Crippen molar-refractivity contribution in [2.75, 3.05) is 0 Å². The van der Waals surface area contributed by atoms with Gasteiger partial charge in [-0.15, -0.1) is 0 Å². The topological polar surface area (TPSA) is 126 Å². The normalized spacial score (nSPS) is 5.20. The minimum atomic E-state index is -4.08. The second kappa shape index (κ2) is 17.2. The molecule has 6 nitrogen and oxygen atoms in total. The third-order valence-corrected chi connectivity index (χ3v) is 0. The van der Waals surface area contributed by atoms with E-state index in [0.29, 0.717) is 0 Å². The van der Waals surface area contributed by atoms with Crippen LogP contribution in [-0.4, -0.2) is 0 Å². The second-order valence-corrected chi connectivity index (χ2v) is 2.06. The molecule has 0 fully saturated rings. The van der Waals surface area contributed by atoms with Gasteiger partial charge >= 0.3 is 94.6 Å². The number of hydrogen-bond acceptors (Lipinski definition) is 6. The van der Waals surface area contributed by atoms with E-state index in [1.165, 1.54) is 0 Å². The van der Waals surface area contributed by atoms with E-state index in [1.54, 1.807) is 0 Å². The molecule has 0 heterocycles. The summed E-state index contributed by atoms with van der Waals surface area (Å²) in [6, 6.07) is 0. The first-order chi connectivity index (χ1) is 3.46. The van der Waals surface area contributed by atoms with Crippen molar-refractivity contribution in [2.24, 2.45) is 0 Å². The third-order valence-electron chi connectivity index (χ3n) is 0. The average molecular weight is 255 g/mol. The minimum absolute atomic E-state index is 0. The summed E-state index contributed by atoms with van der Waals surface area (Å²) in [6.45, 7) is 0. The predicted molar refractivity (Wildman–Crippen MR) is 1.37 cm³/mol. The first kappa shape index (κ1) is 22.7. The van der Waals surface area contributed by atoms with Crippen LogP contribution >= 0.6 is 0 Å². The van der Waals surface area contributed by atoms with Gasteiger partial charge in [-0.1, -0.05) is 0 Å². The molecule has 0 N–H and O–H groups in total. The Hall–Kier alpha value is 1.99. The molecule has 0 aliphatic rings. The van der Waals surface area contributed by atoms with Crippen molar-refractivity contribution < 1.29 is 94.6 Å². The molecule has 0 aromatic rings. The molecule has 0 aromatic heterocycles. The molecular formula is FeLiO6Ti2. The Labute approximate surface area is 93.5 Å². The van der Waals surface area contributed by atoms with Crippen molar-refractivity contribution in [2.45, 2.75) is 0 Å².